The topological polar surface area (TPSA) is 79.7 Å². The molecule has 2 bridgehead atoms. The lowest BCUT2D eigenvalue weighted by atomic mass is 10.1. The number of hydrogen-bond donors (Lipinski definition) is 1. The molecule has 0 aromatic heterocycles. The highest BCUT2D eigenvalue weighted by molar-refractivity contribution is 7.80. The highest BCUT2D eigenvalue weighted by atomic mass is 35.5. The molecule has 0 unspecified atom stereocenters. The molecule has 168 valence electrons. The number of carbonyl (C=O) groups is 2. The fraction of sp³-hybridized carbons (Fsp3) is 0.273. The van der Waals surface area contributed by atoms with E-state index in [1.54, 1.807) is 16.7 Å². The molecule has 1 N–H and O–H groups in total. The number of hydrogen-bond acceptors (Lipinski definition) is 4. The van der Waals surface area contributed by atoms with E-state index in [1.807, 2.05) is 6.07 Å². The van der Waals surface area contributed by atoms with Gasteiger partial charge in [0, 0.05) is 6.54 Å². The number of amides is 3. The number of nitrogens with zero attached hydrogens (tertiary/aromatic N) is 4. The van der Waals surface area contributed by atoms with Gasteiger partial charge in [-0.2, -0.15) is 5.26 Å². The maximum Gasteiger partial charge on any atom is 0.332 e. The minimum Gasteiger partial charge on any atom is -0.341 e. The first-order valence-corrected chi connectivity index (χ1v) is 10.9. The van der Waals surface area contributed by atoms with Crippen LogP contribution in [-0.2, 0) is 4.79 Å². The Labute approximate surface area is 198 Å². The molecule has 3 heterocycles. The van der Waals surface area contributed by atoms with E-state index in [4.69, 9.17) is 23.8 Å². The number of carbonyl (C=O) groups excluding carboxylic acids is 2. The van der Waals surface area contributed by atoms with E-state index < -0.39 is 35.7 Å². The number of likely N-dealkylation sites (tertiary alicyclic amines) is 1. The Balaban J connectivity index is 1.42. The smallest absolute Gasteiger partial charge is 0.332 e. The van der Waals surface area contributed by atoms with E-state index in [2.05, 4.69) is 5.32 Å². The third kappa shape index (κ3) is 3.07. The van der Waals surface area contributed by atoms with Gasteiger partial charge in [-0.05, 0) is 55.4 Å². The number of halogens is 3. The Morgan fingerprint density at radius 1 is 1.24 bits per heavy atom. The molecule has 3 fully saturated rings. The Bertz CT molecular complexity index is 1260. The summed E-state index contributed by atoms with van der Waals surface area (Å²) in [7, 11) is 0. The summed E-state index contributed by atoms with van der Waals surface area (Å²) in [4.78, 5) is 30.9. The van der Waals surface area contributed by atoms with Gasteiger partial charge >= 0.3 is 6.03 Å². The quantitative estimate of drug-likeness (QED) is 0.513. The molecule has 33 heavy (non-hydrogen) atoms. The number of urea groups is 1. The summed E-state index contributed by atoms with van der Waals surface area (Å²) in [6.07, 6.45) is 0.519. The lowest BCUT2D eigenvalue weighted by Crippen LogP contribution is -2.55. The molecule has 0 aliphatic carbocycles. The SMILES string of the molecule is Cc1c(N2C(=O)[C@@H]3[C@@H]4C[C@@H](CN4C(=S)Nc4c(F)cccc4F)N3C2=O)ccc(C#N)c1Cl. The van der Waals surface area contributed by atoms with Crippen LogP contribution in [0.5, 0.6) is 0 Å². The van der Waals surface area contributed by atoms with Crippen LogP contribution in [0, 0.1) is 29.9 Å². The molecular weight excluding hydrogens is 472 g/mol. The standard InChI is InChI=1S/C22H16ClF2N5O2S/c1-10-15(6-5-11(8-26)17(10)23)30-20(31)19-16-7-12(29(19)22(30)32)9-28(16)21(33)27-18-13(24)3-2-4-14(18)25/h2-6,12,16,19H,7,9H2,1H3,(H,27,33)/t12-,16-,19-/m0/s1. The zero-order chi connectivity index (χ0) is 23.6. The van der Waals surface area contributed by atoms with Crippen LogP contribution in [-0.4, -0.2) is 51.5 Å². The number of piperazine rings is 1. The summed E-state index contributed by atoms with van der Waals surface area (Å²) in [5.74, 6) is -1.99. The maximum atomic E-state index is 14.1. The van der Waals surface area contributed by atoms with Gasteiger partial charge < -0.3 is 15.1 Å². The van der Waals surface area contributed by atoms with E-state index >= 15 is 0 Å². The Hall–Kier alpha value is -3.29. The number of nitrogens with one attached hydrogen (secondary N) is 1. The van der Waals surface area contributed by atoms with Gasteiger partial charge in [-0.3, -0.25) is 4.79 Å². The predicted molar refractivity (Wildman–Crippen MR) is 121 cm³/mol. The molecule has 0 radical (unpaired) electrons. The maximum absolute atomic E-state index is 14.1. The summed E-state index contributed by atoms with van der Waals surface area (Å²) >= 11 is 11.7. The summed E-state index contributed by atoms with van der Waals surface area (Å²) in [6.45, 7) is 1.98. The number of imide groups is 1. The van der Waals surface area contributed by atoms with Crippen LogP contribution < -0.4 is 10.2 Å². The number of fused-ring (bicyclic) bond motifs is 5. The molecule has 5 rings (SSSR count). The first-order valence-electron chi connectivity index (χ1n) is 10.1. The molecule has 3 saturated heterocycles. The Morgan fingerprint density at radius 3 is 2.61 bits per heavy atom. The number of rotatable bonds is 2. The van der Waals surface area contributed by atoms with E-state index in [1.165, 1.54) is 18.2 Å². The molecule has 7 nitrogen and oxygen atoms in total. The lowest BCUT2D eigenvalue weighted by Gasteiger charge is -2.36. The van der Waals surface area contributed by atoms with Crippen molar-refractivity contribution >= 4 is 52.2 Å². The van der Waals surface area contributed by atoms with Gasteiger partial charge in [0.2, 0.25) is 0 Å². The van der Waals surface area contributed by atoms with Crippen molar-refractivity contribution in [3.8, 4) is 6.07 Å². The second-order valence-electron chi connectivity index (χ2n) is 8.13. The second kappa shape index (κ2) is 7.64. The molecule has 3 atom stereocenters. The Morgan fingerprint density at radius 2 is 1.94 bits per heavy atom. The average Bonchev–Trinajstić information content (AvgIpc) is 3.45. The van der Waals surface area contributed by atoms with Crippen molar-refractivity contribution in [1.29, 1.82) is 5.26 Å². The number of thiocarbonyl (C=S) groups is 1. The van der Waals surface area contributed by atoms with Gasteiger partial charge in [0.15, 0.2) is 5.11 Å². The normalized spacial score (nSPS) is 23.2. The minimum atomic E-state index is -0.783. The van der Waals surface area contributed by atoms with Crippen LogP contribution in [0.4, 0.5) is 25.0 Å². The molecule has 3 aliphatic rings. The van der Waals surface area contributed by atoms with Gasteiger partial charge in [-0.1, -0.05) is 17.7 Å². The van der Waals surface area contributed by atoms with E-state index in [9.17, 15) is 23.6 Å². The molecule has 2 aromatic carbocycles. The van der Waals surface area contributed by atoms with Crippen molar-refractivity contribution < 1.29 is 18.4 Å². The lowest BCUT2D eigenvalue weighted by molar-refractivity contribution is -0.120. The monoisotopic (exact) mass is 487 g/mol. The summed E-state index contributed by atoms with van der Waals surface area (Å²) < 4.78 is 28.1. The third-order valence-electron chi connectivity index (χ3n) is 6.44. The van der Waals surface area contributed by atoms with Gasteiger partial charge in [0.05, 0.1) is 28.4 Å². The molecule has 0 spiro atoms. The van der Waals surface area contributed by atoms with Crippen LogP contribution in [0.25, 0.3) is 0 Å². The highest BCUT2D eigenvalue weighted by Gasteiger charge is 2.62. The molecule has 0 saturated carbocycles. The highest BCUT2D eigenvalue weighted by Crippen LogP contribution is 2.44. The van der Waals surface area contributed by atoms with Crippen LogP contribution in [0.2, 0.25) is 5.02 Å². The zero-order valence-electron chi connectivity index (χ0n) is 17.2. The number of anilines is 2. The van der Waals surface area contributed by atoms with Gasteiger partial charge in [-0.15, -0.1) is 0 Å². The van der Waals surface area contributed by atoms with E-state index in [0.29, 0.717) is 24.2 Å². The summed E-state index contributed by atoms with van der Waals surface area (Å²) in [5.41, 5.74) is 0.666. The van der Waals surface area contributed by atoms with Gasteiger partial charge in [-0.25, -0.2) is 18.5 Å². The van der Waals surface area contributed by atoms with Crippen LogP contribution in [0.3, 0.4) is 0 Å². The molecule has 11 heteroatoms. The largest absolute Gasteiger partial charge is 0.341 e. The molecule has 3 amide bonds. The van der Waals surface area contributed by atoms with Crippen molar-refractivity contribution in [3.05, 3.63) is 58.1 Å². The van der Waals surface area contributed by atoms with Crippen molar-refractivity contribution in [1.82, 2.24) is 9.80 Å². The fourth-order valence-electron chi connectivity index (χ4n) is 4.91. The van der Waals surface area contributed by atoms with Crippen molar-refractivity contribution in [2.24, 2.45) is 0 Å². The number of para-hydroxylation sites is 1. The van der Waals surface area contributed by atoms with Crippen molar-refractivity contribution in [2.75, 3.05) is 16.8 Å². The van der Waals surface area contributed by atoms with Gasteiger partial charge in [0.25, 0.3) is 5.91 Å². The predicted octanol–water partition coefficient (Wildman–Crippen LogP) is 3.79. The van der Waals surface area contributed by atoms with Crippen molar-refractivity contribution in [3.63, 3.8) is 0 Å². The Kier molecular flexibility index (Phi) is 4.99. The molecule has 3 aliphatic heterocycles. The number of benzene rings is 2. The van der Waals surface area contributed by atoms with Crippen molar-refractivity contribution in [2.45, 2.75) is 31.5 Å². The average molecular weight is 488 g/mol. The van der Waals surface area contributed by atoms with Crippen LogP contribution in [0.1, 0.15) is 17.5 Å². The summed E-state index contributed by atoms with van der Waals surface area (Å²) in [5, 5.41) is 12.1. The first kappa shape index (κ1) is 21.6. The fourth-order valence-corrected chi connectivity index (χ4v) is 5.43. The molecular formula is C22H16ClF2N5O2S. The van der Waals surface area contributed by atoms with E-state index in [-0.39, 0.29) is 27.4 Å². The van der Waals surface area contributed by atoms with Crippen LogP contribution >= 0.6 is 23.8 Å². The number of nitriles is 1. The first-order chi connectivity index (χ1) is 15.7. The second-order valence-corrected chi connectivity index (χ2v) is 8.89. The minimum absolute atomic E-state index is 0.0856. The van der Waals surface area contributed by atoms with Crippen LogP contribution in [0.15, 0.2) is 30.3 Å². The van der Waals surface area contributed by atoms with Gasteiger partial charge in [0.1, 0.15) is 29.4 Å². The van der Waals surface area contributed by atoms with E-state index in [0.717, 1.165) is 17.0 Å². The third-order valence-corrected chi connectivity index (χ3v) is 7.26. The summed E-state index contributed by atoms with van der Waals surface area (Å²) in [6, 6.07) is 6.52. The molecule has 2 aromatic rings. The zero-order valence-corrected chi connectivity index (χ0v) is 18.8.